The maximum absolute atomic E-state index is 13.4. The van der Waals surface area contributed by atoms with Crippen LogP contribution in [0.15, 0.2) is 53.8 Å². The van der Waals surface area contributed by atoms with Gasteiger partial charge in [0.2, 0.25) is 21.9 Å². The van der Waals surface area contributed by atoms with E-state index in [0.717, 1.165) is 11.8 Å². The van der Waals surface area contributed by atoms with Crippen molar-refractivity contribution in [1.82, 2.24) is 14.5 Å². The second-order valence-electron chi connectivity index (χ2n) is 11.4. The van der Waals surface area contributed by atoms with Crippen LogP contribution < -0.4 is 24.1 Å². The van der Waals surface area contributed by atoms with Gasteiger partial charge in [-0.25, -0.2) is 27.2 Å². The van der Waals surface area contributed by atoms with Gasteiger partial charge in [-0.1, -0.05) is 12.1 Å². The number of para-hydroxylation sites is 1. The Bertz CT molecular complexity index is 1790. The molecule has 10 nitrogen and oxygen atoms in total. The van der Waals surface area contributed by atoms with Crippen molar-refractivity contribution >= 4 is 27.6 Å². The van der Waals surface area contributed by atoms with E-state index in [-0.39, 0.29) is 28.9 Å². The van der Waals surface area contributed by atoms with Gasteiger partial charge in [0.15, 0.2) is 17.6 Å². The van der Waals surface area contributed by atoms with Gasteiger partial charge in [-0.05, 0) is 36.8 Å². The monoisotopic (exact) mass is 570 g/mol. The van der Waals surface area contributed by atoms with Gasteiger partial charge in [0.25, 0.3) is 0 Å². The molecule has 0 radical (unpaired) electrons. The Labute approximate surface area is 228 Å². The Morgan fingerprint density at radius 1 is 1.12 bits per heavy atom. The number of fused-ring (bicyclic) bond motifs is 4. The van der Waals surface area contributed by atoms with Crippen LogP contribution in [0.25, 0.3) is 17.3 Å². The molecule has 1 saturated carbocycles. The molecule has 1 aromatic heterocycles. The smallest absolute Gasteiger partial charge is 0.387 e. The number of sulfonamides is 1. The number of quaternary nitrogens is 1. The van der Waals surface area contributed by atoms with Gasteiger partial charge in [-0.3, -0.25) is 4.99 Å². The second kappa shape index (κ2) is 8.03. The van der Waals surface area contributed by atoms with E-state index in [4.69, 9.17) is 9.73 Å². The molecule has 40 heavy (non-hydrogen) atoms. The molecule has 1 aliphatic carbocycles. The molecule has 2 bridgehead atoms. The van der Waals surface area contributed by atoms with Gasteiger partial charge in [0.05, 0.1) is 22.4 Å². The van der Waals surface area contributed by atoms with Crippen molar-refractivity contribution in [3.05, 3.63) is 65.2 Å². The van der Waals surface area contributed by atoms with E-state index in [9.17, 15) is 27.4 Å². The molecule has 0 amide bonds. The van der Waals surface area contributed by atoms with Crippen LogP contribution in [0, 0.1) is 0 Å². The molecule has 208 valence electrons. The molecule has 7 rings (SSSR count). The second-order valence-corrected chi connectivity index (χ2v) is 13.2. The molecular weight excluding hydrogens is 544 g/mol. The lowest BCUT2D eigenvalue weighted by molar-refractivity contribution is -0.180. The molecule has 2 fully saturated rings. The van der Waals surface area contributed by atoms with E-state index in [2.05, 4.69) is 9.97 Å². The summed E-state index contributed by atoms with van der Waals surface area (Å²) in [5, 5.41) is 22.1. The highest BCUT2D eigenvalue weighted by Crippen LogP contribution is 2.58. The van der Waals surface area contributed by atoms with Crippen LogP contribution in [0.2, 0.25) is 0 Å². The number of ether oxygens (including phenoxy) is 1. The van der Waals surface area contributed by atoms with Crippen molar-refractivity contribution in [1.29, 1.82) is 0 Å². The molecule has 3 atom stereocenters. The highest BCUT2D eigenvalue weighted by molar-refractivity contribution is 7.92. The Morgan fingerprint density at radius 3 is 2.50 bits per heavy atom. The Balaban J connectivity index is 1.34. The summed E-state index contributed by atoms with van der Waals surface area (Å²) in [6, 6.07) is 9.70. The number of hydrogen-bond acceptors (Lipinski definition) is 8. The molecule has 1 saturated heterocycles. The molecule has 2 aromatic carbocycles. The predicted molar refractivity (Wildman–Crippen MR) is 141 cm³/mol. The highest BCUT2D eigenvalue weighted by atomic mass is 32.2. The first kappa shape index (κ1) is 25.4. The molecule has 4 aliphatic rings. The van der Waals surface area contributed by atoms with E-state index in [1.807, 2.05) is 24.4 Å². The summed E-state index contributed by atoms with van der Waals surface area (Å²) in [5.74, 6) is 0.170. The van der Waals surface area contributed by atoms with Crippen molar-refractivity contribution in [3.8, 4) is 16.9 Å². The number of anilines is 1. The topological polar surface area (TPSA) is 125 Å². The molecule has 1 unspecified atom stereocenters. The molecular formula is C27H26F2N5O5S+. The van der Waals surface area contributed by atoms with Gasteiger partial charge in [-0.15, -0.1) is 0 Å². The van der Waals surface area contributed by atoms with Crippen molar-refractivity contribution in [2.45, 2.75) is 49.8 Å². The minimum Gasteiger partial charge on any atom is -0.428 e. The number of benzene rings is 2. The number of halogens is 2. The number of alkyl halides is 2. The van der Waals surface area contributed by atoms with Crippen LogP contribution in [0.5, 0.6) is 5.75 Å². The summed E-state index contributed by atoms with van der Waals surface area (Å²) >= 11 is 0. The Kier molecular flexibility index (Phi) is 5.11. The molecule has 13 heteroatoms. The number of nitrogens with zero attached hydrogens (tertiary/aromatic N) is 5. The number of aromatic nitrogens is 2. The third-order valence-corrected chi connectivity index (χ3v) is 9.33. The summed E-state index contributed by atoms with van der Waals surface area (Å²) in [6.45, 7) is -1.03. The summed E-state index contributed by atoms with van der Waals surface area (Å²) in [4.78, 5) is 13.6. The zero-order valence-corrected chi connectivity index (χ0v) is 22.4. The molecule has 2 N–H and O–H groups in total. The minimum atomic E-state index is -3.77. The van der Waals surface area contributed by atoms with Gasteiger partial charge < -0.3 is 14.9 Å². The number of hydrogen-bond donors (Lipinski definition) is 2. The van der Waals surface area contributed by atoms with Gasteiger partial charge >= 0.3 is 6.61 Å². The zero-order chi connectivity index (χ0) is 28.2. The first-order valence-electron chi connectivity index (χ1n) is 12.7. The van der Waals surface area contributed by atoms with Gasteiger partial charge in [-0.2, -0.15) is 8.78 Å². The van der Waals surface area contributed by atoms with Crippen LogP contribution in [-0.2, 0) is 15.6 Å². The first-order valence-corrected chi connectivity index (χ1v) is 14.6. The van der Waals surface area contributed by atoms with Crippen LogP contribution in [-0.4, -0.2) is 65.8 Å². The van der Waals surface area contributed by atoms with Crippen LogP contribution >= 0.6 is 0 Å². The SMILES string of the molecule is CS(=O)(=O)N1c2cccc(OC(F)F)c2[N@+]23C=c4cc(-c5cnc([C@]6(O)C[C@](C)(O)C6)nc5)ccc4=N[C@H](C2)C13. The van der Waals surface area contributed by atoms with Crippen LogP contribution in [0.3, 0.4) is 0 Å². The fraction of sp³-hybridized carbons (Fsp3) is 0.370. The van der Waals surface area contributed by atoms with Crippen molar-refractivity contribution in [2.24, 2.45) is 4.99 Å². The summed E-state index contributed by atoms with van der Waals surface area (Å²) in [5.41, 5.74) is -0.116. The van der Waals surface area contributed by atoms with Crippen LogP contribution in [0.1, 0.15) is 25.6 Å². The first-order chi connectivity index (χ1) is 18.8. The fourth-order valence-corrected chi connectivity index (χ4v) is 8.04. The fourth-order valence-electron chi connectivity index (χ4n) is 6.83. The minimum absolute atomic E-state index is 0.0156. The van der Waals surface area contributed by atoms with Gasteiger partial charge in [0.1, 0.15) is 24.0 Å². The summed E-state index contributed by atoms with van der Waals surface area (Å²) < 4.78 is 58.8. The lowest BCUT2D eigenvalue weighted by Gasteiger charge is -2.49. The maximum Gasteiger partial charge on any atom is 0.387 e. The number of rotatable bonds is 5. The summed E-state index contributed by atoms with van der Waals surface area (Å²) in [7, 11) is -3.77. The quantitative estimate of drug-likeness (QED) is 0.444. The van der Waals surface area contributed by atoms with E-state index < -0.39 is 40.0 Å². The van der Waals surface area contributed by atoms with E-state index >= 15 is 0 Å². The van der Waals surface area contributed by atoms with E-state index in [1.165, 1.54) is 16.4 Å². The summed E-state index contributed by atoms with van der Waals surface area (Å²) in [6.07, 6.45) is 5.81. The average molecular weight is 571 g/mol. The standard InChI is InChI=1S/C27H26F2N5O5S/c1-26(35)13-27(36,14-26)24-30-9-17(10-31-24)15-6-7-18-16(8-15)11-34-12-19(32-18)23(34)33(40(2,37)38)20-4-3-5-21(22(20)34)39-25(28)29/h3-11,19,23,25,35-36H,12-14H2,1-2H3/q+1/t19-,23?,26-,27-,34+/m1/s1. The normalized spacial score (nSPS) is 31.5. The van der Waals surface area contributed by atoms with Crippen molar-refractivity contribution in [3.63, 3.8) is 0 Å². The maximum atomic E-state index is 13.4. The highest BCUT2D eigenvalue weighted by Gasteiger charge is 2.68. The zero-order valence-electron chi connectivity index (χ0n) is 21.6. The van der Waals surface area contributed by atoms with E-state index in [0.29, 0.717) is 34.1 Å². The molecule has 3 aliphatic heterocycles. The van der Waals surface area contributed by atoms with Gasteiger partial charge in [0, 0.05) is 30.8 Å². The predicted octanol–water partition coefficient (Wildman–Crippen LogP) is 1.34. The third kappa shape index (κ3) is 3.61. The number of aliphatic hydroxyl groups is 2. The molecule has 4 heterocycles. The Morgan fingerprint density at radius 2 is 1.85 bits per heavy atom. The van der Waals surface area contributed by atoms with Crippen LogP contribution in [0.4, 0.5) is 20.2 Å². The average Bonchev–Trinajstić information content (AvgIpc) is 2.95. The lowest BCUT2D eigenvalue weighted by atomic mass is 9.68. The van der Waals surface area contributed by atoms with Crippen molar-refractivity contribution in [2.75, 3.05) is 17.1 Å². The molecule has 3 aromatic rings. The van der Waals surface area contributed by atoms with Crippen molar-refractivity contribution < 1.29 is 32.1 Å². The largest absolute Gasteiger partial charge is 0.428 e. The Hall–Kier alpha value is -3.52. The molecule has 1 spiro atoms. The van der Waals surface area contributed by atoms with E-state index in [1.54, 1.807) is 25.4 Å². The lowest BCUT2D eigenvalue weighted by Crippen LogP contribution is -2.74. The third-order valence-electron chi connectivity index (χ3n) is 8.20.